The largest absolute Gasteiger partial charge is 0.395 e. The number of amides is 1. The summed E-state index contributed by atoms with van der Waals surface area (Å²) in [6, 6.07) is 0. The van der Waals surface area contributed by atoms with Crippen LogP contribution in [-0.2, 0) is 11.2 Å². The van der Waals surface area contributed by atoms with E-state index in [1.54, 1.807) is 0 Å². The van der Waals surface area contributed by atoms with E-state index < -0.39 is 0 Å². The van der Waals surface area contributed by atoms with Crippen molar-refractivity contribution in [1.29, 1.82) is 0 Å². The van der Waals surface area contributed by atoms with Crippen LogP contribution in [0.15, 0.2) is 4.52 Å². The van der Waals surface area contributed by atoms with Crippen LogP contribution in [0.3, 0.4) is 0 Å². The lowest BCUT2D eigenvalue weighted by Crippen LogP contribution is -2.36. The van der Waals surface area contributed by atoms with Gasteiger partial charge in [-0.05, 0) is 20.3 Å². The van der Waals surface area contributed by atoms with E-state index >= 15 is 0 Å². The molecule has 0 bridgehead atoms. The lowest BCUT2D eigenvalue weighted by molar-refractivity contribution is -0.132. The van der Waals surface area contributed by atoms with Crippen LogP contribution in [0, 0.1) is 13.8 Å². The van der Waals surface area contributed by atoms with Crippen LogP contribution in [-0.4, -0.2) is 52.5 Å². The van der Waals surface area contributed by atoms with Crippen LogP contribution in [0.5, 0.6) is 0 Å². The molecule has 0 atom stereocenters. The molecule has 6 heteroatoms. The Morgan fingerprint density at radius 3 is 2.33 bits per heavy atom. The number of hydrogen-bond acceptors (Lipinski definition) is 5. The molecule has 1 amide bonds. The molecule has 0 aliphatic carbocycles. The Labute approximate surface area is 106 Å². The van der Waals surface area contributed by atoms with Gasteiger partial charge >= 0.3 is 0 Å². The van der Waals surface area contributed by atoms with Gasteiger partial charge in [0.05, 0.1) is 18.9 Å². The van der Waals surface area contributed by atoms with Crippen LogP contribution in [0.1, 0.15) is 23.4 Å². The maximum atomic E-state index is 11.9. The third-order valence-electron chi connectivity index (χ3n) is 2.86. The molecule has 0 saturated carbocycles. The Balaban J connectivity index is 2.53. The average molecular weight is 256 g/mol. The Kier molecular flexibility index (Phi) is 5.80. The van der Waals surface area contributed by atoms with Gasteiger partial charge in [0, 0.05) is 25.1 Å². The van der Waals surface area contributed by atoms with Gasteiger partial charge in [-0.3, -0.25) is 4.79 Å². The fourth-order valence-electron chi connectivity index (χ4n) is 1.85. The highest BCUT2D eigenvalue weighted by Gasteiger charge is 2.15. The van der Waals surface area contributed by atoms with Crippen LogP contribution >= 0.6 is 0 Å². The van der Waals surface area contributed by atoms with Crippen LogP contribution in [0.2, 0.25) is 0 Å². The second-order valence-corrected chi connectivity index (χ2v) is 4.13. The van der Waals surface area contributed by atoms with Gasteiger partial charge in [0.1, 0.15) is 5.76 Å². The fourth-order valence-corrected chi connectivity index (χ4v) is 1.85. The fraction of sp³-hybridized carbons (Fsp3) is 0.667. The predicted molar refractivity (Wildman–Crippen MR) is 65.0 cm³/mol. The number of aromatic nitrogens is 1. The lowest BCUT2D eigenvalue weighted by atomic mass is 10.1. The molecule has 102 valence electrons. The van der Waals surface area contributed by atoms with E-state index in [-0.39, 0.29) is 32.2 Å². The van der Waals surface area contributed by atoms with E-state index in [0.29, 0.717) is 12.8 Å². The Bertz CT molecular complexity index is 364. The minimum absolute atomic E-state index is 0.0851. The summed E-state index contributed by atoms with van der Waals surface area (Å²) >= 11 is 0. The van der Waals surface area contributed by atoms with E-state index in [4.69, 9.17) is 14.7 Å². The third kappa shape index (κ3) is 3.82. The monoisotopic (exact) mass is 256 g/mol. The molecular formula is C12H20N2O4. The van der Waals surface area contributed by atoms with Crippen molar-refractivity contribution in [3.8, 4) is 0 Å². The van der Waals surface area contributed by atoms with E-state index in [1.807, 2.05) is 13.8 Å². The first kappa shape index (κ1) is 14.7. The number of carbonyl (C=O) groups excluding carboxylic acids is 1. The first-order chi connectivity index (χ1) is 8.60. The molecule has 0 fully saturated rings. The van der Waals surface area contributed by atoms with Gasteiger partial charge in [0.2, 0.25) is 5.91 Å². The first-order valence-corrected chi connectivity index (χ1v) is 6.01. The second-order valence-electron chi connectivity index (χ2n) is 4.13. The molecule has 0 radical (unpaired) electrons. The molecule has 1 aromatic rings. The summed E-state index contributed by atoms with van der Waals surface area (Å²) in [6.07, 6.45) is 0.885. The van der Waals surface area contributed by atoms with Crippen molar-refractivity contribution < 1.29 is 19.5 Å². The highest BCUT2D eigenvalue weighted by atomic mass is 16.5. The molecule has 18 heavy (non-hydrogen) atoms. The summed E-state index contributed by atoms with van der Waals surface area (Å²) in [5.41, 5.74) is 1.76. The number of aliphatic hydroxyl groups excluding tert-OH is 2. The smallest absolute Gasteiger partial charge is 0.223 e. The topological polar surface area (TPSA) is 86.8 Å². The van der Waals surface area contributed by atoms with Gasteiger partial charge in [-0.25, -0.2) is 0 Å². The van der Waals surface area contributed by atoms with E-state index in [9.17, 15) is 4.79 Å². The predicted octanol–water partition coefficient (Wildman–Crippen LogP) is 0.0372. The average Bonchev–Trinajstić information content (AvgIpc) is 2.66. The number of nitrogens with zero attached hydrogens (tertiary/aromatic N) is 2. The molecule has 0 unspecified atom stereocenters. The summed E-state index contributed by atoms with van der Waals surface area (Å²) in [5, 5.41) is 21.5. The van der Waals surface area contributed by atoms with E-state index in [1.165, 1.54) is 4.90 Å². The molecule has 0 aromatic carbocycles. The second kappa shape index (κ2) is 7.13. The van der Waals surface area contributed by atoms with Crippen molar-refractivity contribution in [3.63, 3.8) is 0 Å². The maximum Gasteiger partial charge on any atom is 0.223 e. The maximum absolute atomic E-state index is 11.9. The van der Waals surface area contributed by atoms with E-state index in [2.05, 4.69) is 5.16 Å². The van der Waals surface area contributed by atoms with E-state index in [0.717, 1.165) is 17.0 Å². The summed E-state index contributed by atoms with van der Waals surface area (Å²) < 4.78 is 5.03. The van der Waals surface area contributed by atoms with Gasteiger partial charge in [-0.2, -0.15) is 0 Å². The van der Waals surface area contributed by atoms with Crippen molar-refractivity contribution in [2.75, 3.05) is 26.3 Å². The Morgan fingerprint density at radius 2 is 1.89 bits per heavy atom. The van der Waals surface area contributed by atoms with Gasteiger partial charge < -0.3 is 19.6 Å². The third-order valence-corrected chi connectivity index (χ3v) is 2.86. The van der Waals surface area contributed by atoms with Gasteiger partial charge in [0.25, 0.3) is 0 Å². The van der Waals surface area contributed by atoms with Crippen molar-refractivity contribution in [1.82, 2.24) is 10.1 Å². The van der Waals surface area contributed by atoms with Crippen molar-refractivity contribution in [2.24, 2.45) is 0 Å². The van der Waals surface area contributed by atoms with Crippen LogP contribution in [0.4, 0.5) is 0 Å². The highest BCUT2D eigenvalue weighted by Crippen LogP contribution is 2.14. The molecule has 1 heterocycles. The zero-order chi connectivity index (χ0) is 13.5. The number of hydrogen-bond donors (Lipinski definition) is 2. The Morgan fingerprint density at radius 1 is 1.28 bits per heavy atom. The quantitative estimate of drug-likeness (QED) is 0.719. The molecule has 6 nitrogen and oxygen atoms in total. The normalized spacial score (nSPS) is 10.7. The molecule has 1 rings (SSSR count). The first-order valence-electron chi connectivity index (χ1n) is 6.01. The summed E-state index contributed by atoms with van der Waals surface area (Å²) in [5.74, 6) is 0.647. The SMILES string of the molecule is Cc1noc(C)c1CCC(=O)N(CCO)CCO. The zero-order valence-electron chi connectivity index (χ0n) is 10.8. The molecular weight excluding hydrogens is 236 g/mol. The standard InChI is InChI=1S/C12H20N2O4/c1-9-11(10(2)18-13-9)3-4-12(17)14(5-7-15)6-8-16/h15-16H,3-8H2,1-2H3. The molecule has 1 aromatic heterocycles. The van der Waals surface area contributed by atoms with Crippen LogP contribution in [0.25, 0.3) is 0 Å². The summed E-state index contributed by atoms with van der Waals surface area (Å²) in [6.45, 7) is 3.96. The molecule has 0 spiro atoms. The number of carbonyl (C=O) groups is 1. The molecule has 0 aliphatic heterocycles. The van der Waals surface area contributed by atoms with Gasteiger partial charge in [-0.1, -0.05) is 5.16 Å². The van der Waals surface area contributed by atoms with Crippen molar-refractivity contribution in [2.45, 2.75) is 26.7 Å². The van der Waals surface area contributed by atoms with Crippen molar-refractivity contribution in [3.05, 3.63) is 17.0 Å². The molecule has 2 N–H and O–H groups in total. The summed E-state index contributed by atoms with van der Waals surface area (Å²) in [4.78, 5) is 13.4. The number of rotatable bonds is 7. The van der Waals surface area contributed by atoms with Gasteiger partial charge in [-0.15, -0.1) is 0 Å². The Hall–Kier alpha value is -1.40. The van der Waals surface area contributed by atoms with Crippen molar-refractivity contribution >= 4 is 5.91 Å². The number of aryl methyl sites for hydroxylation is 2. The minimum Gasteiger partial charge on any atom is -0.395 e. The van der Waals surface area contributed by atoms with Crippen LogP contribution < -0.4 is 0 Å². The lowest BCUT2D eigenvalue weighted by Gasteiger charge is -2.20. The minimum atomic E-state index is -0.100. The molecule has 0 aliphatic rings. The zero-order valence-corrected chi connectivity index (χ0v) is 10.8. The summed E-state index contributed by atoms with van der Waals surface area (Å²) in [7, 11) is 0. The number of aliphatic hydroxyl groups is 2. The van der Waals surface area contributed by atoms with Gasteiger partial charge in [0.15, 0.2) is 0 Å². The highest BCUT2D eigenvalue weighted by molar-refractivity contribution is 5.76. The molecule has 0 saturated heterocycles.